The first-order valence-corrected chi connectivity index (χ1v) is 5.29. The second-order valence-electron chi connectivity index (χ2n) is 2.47. The summed E-state index contributed by atoms with van der Waals surface area (Å²) in [5.41, 5.74) is 5.89. The summed E-state index contributed by atoms with van der Waals surface area (Å²) in [6, 6.07) is 0. The van der Waals surface area contributed by atoms with E-state index in [1.54, 1.807) is 0 Å². The maximum Gasteiger partial charge on any atom is 0.0237 e. The highest BCUT2D eigenvalue weighted by Crippen LogP contribution is 1.89. The molecule has 0 saturated carbocycles. The summed E-state index contributed by atoms with van der Waals surface area (Å²) in [7, 11) is 0. The maximum atomic E-state index is 5.25. The second kappa shape index (κ2) is 22.5. The fourth-order valence-electron chi connectivity index (χ4n) is 0.401. The molecule has 0 aromatic rings. The zero-order chi connectivity index (χ0) is 11.1. The van der Waals surface area contributed by atoms with E-state index in [1.165, 1.54) is 12.8 Å². The summed E-state index contributed by atoms with van der Waals surface area (Å²) in [6.07, 6.45) is 7.38. The largest absolute Gasteiger partial charge is 0.399 e. The summed E-state index contributed by atoms with van der Waals surface area (Å²) in [5, 5.41) is 0. The lowest BCUT2D eigenvalue weighted by molar-refractivity contribution is 0.957. The summed E-state index contributed by atoms with van der Waals surface area (Å²) in [5.74, 6) is 0. The molecule has 0 heterocycles. The molecular weight excluding hydrogens is 158 g/mol. The molecule has 13 heavy (non-hydrogen) atoms. The molecule has 0 fully saturated rings. The topological polar surface area (TPSA) is 26.0 Å². The number of hydrogen-bond acceptors (Lipinski definition) is 1. The first-order chi connectivity index (χ1) is 6.18. The molecule has 0 aromatic carbocycles. The Morgan fingerprint density at radius 3 is 1.85 bits per heavy atom. The number of hydrogen-bond donors (Lipinski definition) is 1. The van der Waals surface area contributed by atoms with Gasteiger partial charge in [-0.15, -0.1) is 0 Å². The summed E-state index contributed by atoms with van der Waals surface area (Å²) in [4.78, 5) is 0. The minimum atomic E-state index is 0.637. The zero-order valence-corrected chi connectivity index (χ0v) is 10.1. The van der Waals surface area contributed by atoms with Crippen LogP contribution in [-0.2, 0) is 0 Å². The van der Waals surface area contributed by atoms with E-state index in [0.717, 1.165) is 6.42 Å². The third-order valence-corrected chi connectivity index (χ3v) is 0.787. The highest BCUT2D eigenvalue weighted by Gasteiger charge is 1.72. The van der Waals surface area contributed by atoms with Crippen LogP contribution in [0.5, 0.6) is 0 Å². The molecule has 0 aromatic heterocycles. The highest BCUT2D eigenvalue weighted by molar-refractivity contribution is 5.09. The molecule has 0 unspecified atom stereocenters. The van der Waals surface area contributed by atoms with Gasteiger partial charge in [-0.25, -0.2) is 0 Å². The molecule has 0 radical (unpaired) electrons. The molecule has 0 spiro atoms. The van der Waals surface area contributed by atoms with Crippen molar-refractivity contribution in [2.75, 3.05) is 0 Å². The average Bonchev–Trinajstić information content (AvgIpc) is 2.09. The van der Waals surface area contributed by atoms with E-state index in [9.17, 15) is 0 Å². The zero-order valence-electron chi connectivity index (χ0n) is 10.1. The van der Waals surface area contributed by atoms with Crippen molar-refractivity contribution < 1.29 is 0 Å². The van der Waals surface area contributed by atoms with Crippen LogP contribution in [0.3, 0.4) is 0 Å². The third kappa shape index (κ3) is 53.0. The van der Waals surface area contributed by atoms with Gasteiger partial charge in [0.05, 0.1) is 0 Å². The lowest BCUT2D eigenvalue weighted by Crippen LogP contribution is -1.87. The van der Waals surface area contributed by atoms with E-state index in [2.05, 4.69) is 27.4 Å². The second-order valence-corrected chi connectivity index (χ2v) is 2.47. The Balaban J connectivity index is -0.000000169. The Bertz CT molecular complexity index is 104. The third-order valence-electron chi connectivity index (χ3n) is 0.787. The molecular formula is C12H27N. The molecule has 2 N–H and O–H groups in total. The Morgan fingerprint density at radius 2 is 1.62 bits per heavy atom. The van der Waals surface area contributed by atoms with Gasteiger partial charge in [0.25, 0.3) is 0 Å². The van der Waals surface area contributed by atoms with Crippen LogP contribution < -0.4 is 5.73 Å². The van der Waals surface area contributed by atoms with Crippen LogP contribution in [0.2, 0.25) is 0 Å². The van der Waals surface area contributed by atoms with Crippen LogP contribution in [0.4, 0.5) is 0 Å². The van der Waals surface area contributed by atoms with Gasteiger partial charge >= 0.3 is 0 Å². The monoisotopic (exact) mass is 185 g/mol. The average molecular weight is 185 g/mol. The van der Waals surface area contributed by atoms with Crippen molar-refractivity contribution >= 4 is 0 Å². The molecule has 1 heteroatoms. The van der Waals surface area contributed by atoms with E-state index in [1.807, 2.05) is 26.0 Å². The van der Waals surface area contributed by atoms with Gasteiger partial charge < -0.3 is 5.73 Å². The van der Waals surface area contributed by atoms with Crippen LogP contribution in [0.1, 0.15) is 53.9 Å². The van der Waals surface area contributed by atoms with Gasteiger partial charge in [0.1, 0.15) is 0 Å². The summed E-state index contributed by atoms with van der Waals surface area (Å²) >= 11 is 0. The minimum Gasteiger partial charge on any atom is -0.399 e. The van der Waals surface area contributed by atoms with Crippen LogP contribution in [-0.4, -0.2) is 0 Å². The molecule has 0 aliphatic carbocycles. The predicted molar refractivity (Wildman–Crippen MR) is 64.7 cm³/mol. The van der Waals surface area contributed by atoms with Crippen molar-refractivity contribution in [1.29, 1.82) is 0 Å². The maximum absolute atomic E-state index is 5.25. The molecule has 0 amide bonds. The van der Waals surface area contributed by atoms with Gasteiger partial charge in [-0.3, -0.25) is 0 Å². The van der Waals surface area contributed by atoms with Crippen molar-refractivity contribution in [1.82, 2.24) is 0 Å². The van der Waals surface area contributed by atoms with E-state index in [-0.39, 0.29) is 0 Å². The summed E-state index contributed by atoms with van der Waals surface area (Å²) in [6.45, 7) is 13.9. The van der Waals surface area contributed by atoms with Crippen molar-refractivity contribution in [3.05, 3.63) is 24.4 Å². The molecule has 0 atom stereocenters. The van der Waals surface area contributed by atoms with Crippen LogP contribution in [0.25, 0.3) is 0 Å². The van der Waals surface area contributed by atoms with Gasteiger partial charge in [-0.1, -0.05) is 60.1 Å². The van der Waals surface area contributed by atoms with Gasteiger partial charge in [-0.2, -0.15) is 0 Å². The fraction of sp³-hybridized carbons (Fsp3) is 0.667. The van der Waals surface area contributed by atoms with Crippen molar-refractivity contribution in [3.8, 4) is 0 Å². The highest BCUT2D eigenvalue weighted by atomic mass is 14.5. The van der Waals surface area contributed by atoms with Gasteiger partial charge in [0.15, 0.2) is 0 Å². The van der Waals surface area contributed by atoms with Gasteiger partial charge in [0, 0.05) is 5.70 Å². The normalized spacial score (nSPS) is 8.08. The molecule has 80 valence electrons. The minimum absolute atomic E-state index is 0.637. The van der Waals surface area contributed by atoms with E-state index in [0.29, 0.717) is 5.70 Å². The standard InChI is InChI=1S/C7H13N.C3H8.C2H6/c1-3-4-5-6-7(2)8;1-3-2;1-2/h5-6H,2-4,8H2,1H3;3H2,1-2H3;1-2H3/b6-5+;;. The van der Waals surface area contributed by atoms with E-state index >= 15 is 0 Å². The molecule has 0 saturated heterocycles. The quantitative estimate of drug-likeness (QED) is 0.653. The Kier molecular flexibility index (Phi) is 31.4. The van der Waals surface area contributed by atoms with Gasteiger partial charge in [0.2, 0.25) is 0 Å². The molecule has 0 aliphatic heterocycles. The van der Waals surface area contributed by atoms with Crippen LogP contribution in [0, 0.1) is 0 Å². The fourth-order valence-corrected chi connectivity index (χ4v) is 0.401. The predicted octanol–water partition coefficient (Wildman–Crippen LogP) is 4.26. The van der Waals surface area contributed by atoms with Gasteiger partial charge in [-0.05, 0) is 12.5 Å². The Morgan fingerprint density at radius 1 is 1.23 bits per heavy atom. The molecule has 1 nitrogen and oxygen atoms in total. The van der Waals surface area contributed by atoms with Crippen molar-refractivity contribution in [2.45, 2.75) is 53.9 Å². The SMILES string of the molecule is C=C(N)/C=C/CCC.CC.CCC. The smallest absolute Gasteiger partial charge is 0.0237 e. The Hall–Kier alpha value is -0.720. The molecule has 0 bridgehead atoms. The molecule has 0 rings (SSSR count). The number of nitrogens with two attached hydrogens (primary N) is 1. The van der Waals surface area contributed by atoms with E-state index in [4.69, 9.17) is 5.73 Å². The lowest BCUT2D eigenvalue weighted by atomic mass is 10.3. The van der Waals surface area contributed by atoms with E-state index < -0.39 is 0 Å². The first-order valence-electron chi connectivity index (χ1n) is 5.29. The van der Waals surface area contributed by atoms with Crippen molar-refractivity contribution in [3.63, 3.8) is 0 Å². The molecule has 0 aliphatic rings. The van der Waals surface area contributed by atoms with Crippen LogP contribution in [0.15, 0.2) is 24.4 Å². The number of allylic oxidation sites excluding steroid dienone is 2. The number of unbranched alkanes of at least 4 members (excludes halogenated alkanes) is 1. The van der Waals surface area contributed by atoms with Crippen LogP contribution >= 0.6 is 0 Å². The number of rotatable bonds is 3. The summed E-state index contributed by atoms with van der Waals surface area (Å²) < 4.78 is 0. The lowest BCUT2D eigenvalue weighted by Gasteiger charge is -1.84. The first kappa shape index (κ1) is 18.1. The van der Waals surface area contributed by atoms with Crippen molar-refractivity contribution in [2.24, 2.45) is 5.73 Å². The Labute approximate surface area is 84.7 Å².